The minimum Gasteiger partial charge on any atom is -0.398 e. The number of hydrogen-bond donors (Lipinski definition) is 2. The van der Waals surface area contributed by atoms with Gasteiger partial charge in [0.1, 0.15) is 22.6 Å². The molecule has 0 spiro atoms. The number of nitrogens with two attached hydrogens (primary N) is 1. The molecule has 0 unspecified atom stereocenters. The monoisotopic (exact) mass is 249 g/mol. The first-order chi connectivity index (χ1) is 7.88. The summed E-state index contributed by atoms with van der Waals surface area (Å²) in [6, 6.07) is 6.99. The maximum absolute atomic E-state index is 10.9. The zero-order valence-corrected chi connectivity index (χ0v) is 9.27. The van der Waals surface area contributed by atoms with Crippen LogP contribution in [-0.4, -0.2) is 13.0 Å². The molecule has 0 aliphatic heterocycles. The van der Waals surface area contributed by atoms with Gasteiger partial charge in [-0.05, 0) is 23.8 Å². The van der Waals surface area contributed by atoms with Crippen LogP contribution in [0.5, 0.6) is 0 Å². The Labute approximate surface area is 98.0 Å². The van der Waals surface area contributed by atoms with E-state index < -0.39 is 15.0 Å². The second-order valence-corrected chi connectivity index (χ2v) is 4.44. The molecule has 0 saturated heterocycles. The van der Waals surface area contributed by atoms with Crippen molar-refractivity contribution in [1.29, 1.82) is 10.5 Å². The van der Waals surface area contributed by atoms with Crippen LogP contribution in [-0.2, 0) is 10.1 Å². The molecule has 1 rings (SSSR count). The lowest BCUT2D eigenvalue weighted by atomic mass is 10.1. The Morgan fingerprint density at radius 1 is 1.35 bits per heavy atom. The van der Waals surface area contributed by atoms with Crippen molar-refractivity contribution in [3.05, 3.63) is 29.3 Å². The minimum absolute atomic E-state index is 0.135. The Morgan fingerprint density at radius 2 is 1.94 bits per heavy atom. The summed E-state index contributed by atoms with van der Waals surface area (Å²) in [5.74, 6) is 0. The molecule has 0 aromatic heterocycles. The van der Waals surface area contributed by atoms with E-state index in [9.17, 15) is 8.42 Å². The second-order valence-electron chi connectivity index (χ2n) is 3.05. The first-order valence-corrected chi connectivity index (χ1v) is 5.71. The molecule has 0 aliphatic rings. The first-order valence-electron chi connectivity index (χ1n) is 4.27. The molecule has 0 heterocycles. The number of hydrogen-bond acceptors (Lipinski definition) is 5. The molecule has 0 radical (unpaired) electrons. The molecule has 0 fully saturated rings. The average molecular weight is 249 g/mol. The van der Waals surface area contributed by atoms with Crippen molar-refractivity contribution in [2.45, 2.75) is 4.90 Å². The Morgan fingerprint density at radius 3 is 2.35 bits per heavy atom. The smallest absolute Gasteiger partial charge is 0.296 e. The van der Waals surface area contributed by atoms with Crippen LogP contribution in [0.1, 0.15) is 5.56 Å². The molecule has 0 amide bonds. The highest BCUT2D eigenvalue weighted by Gasteiger charge is 2.13. The quantitative estimate of drug-likeness (QED) is 0.456. The number of nitrogen functional groups attached to an aromatic ring is 1. The number of benzene rings is 1. The summed E-state index contributed by atoms with van der Waals surface area (Å²) in [6.07, 6.45) is 1.25. The fourth-order valence-corrected chi connectivity index (χ4v) is 1.74. The van der Waals surface area contributed by atoms with Crippen LogP contribution in [0.25, 0.3) is 6.08 Å². The number of rotatable bonds is 2. The van der Waals surface area contributed by atoms with E-state index in [1.54, 1.807) is 12.1 Å². The van der Waals surface area contributed by atoms with Crippen molar-refractivity contribution >= 4 is 21.9 Å². The first kappa shape index (κ1) is 12.7. The highest BCUT2D eigenvalue weighted by Crippen LogP contribution is 2.20. The standard InChI is InChI=1S/C10H7N3O3S/c11-5-8(6-12)3-7-1-2-10(9(13)4-7)17(14,15)16/h1-4H,13H2,(H,14,15,16). The Bertz CT molecular complexity index is 647. The molecule has 0 aliphatic carbocycles. The van der Waals surface area contributed by atoms with E-state index in [2.05, 4.69) is 0 Å². The van der Waals surface area contributed by atoms with Gasteiger partial charge in [0, 0.05) is 0 Å². The Hall–Kier alpha value is -2.35. The summed E-state index contributed by atoms with van der Waals surface area (Å²) in [6.45, 7) is 0. The fourth-order valence-electron chi connectivity index (χ4n) is 1.15. The summed E-state index contributed by atoms with van der Waals surface area (Å²) in [7, 11) is -4.37. The van der Waals surface area contributed by atoms with Crippen molar-refractivity contribution < 1.29 is 13.0 Å². The van der Waals surface area contributed by atoms with E-state index in [4.69, 9.17) is 20.8 Å². The van der Waals surface area contributed by atoms with Gasteiger partial charge in [-0.3, -0.25) is 4.55 Å². The van der Waals surface area contributed by atoms with E-state index in [-0.39, 0.29) is 11.3 Å². The Kier molecular flexibility index (Phi) is 3.49. The van der Waals surface area contributed by atoms with E-state index in [0.29, 0.717) is 5.56 Å². The number of allylic oxidation sites excluding steroid dienone is 1. The largest absolute Gasteiger partial charge is 0.398 e. The molecule has 0 atom stereocenters. The van der Waals surface area contributed by atoms with Gasteiger partial charge in [0.2, 0.25) is 0 Å². The molecule has 6 nitrogen and oxygen atoms in total. The summed E-state index contributed by atoms with van der Waals surface area (Å²) in [5.41, 5.74) is 5.54. The maximum atomic E-state index is 10.9. The van der Waals surface area contributed by atoms with Crippen LogP contribution in [0, 0.1) is 22.7 Å². The van der Waals surface area contributed by atoms with E-state index in [1.807, 2.05) is 0 Å². The average Bonchev–Trinajstić information content (AvgIpc) is 2.24. The molecule has 1 aromatic carbocycles. The third-order valence-electron chi connectivity index (χ3n) is 1.86. The van der Waals surface area contributed by atoms with E-state index in [0.717, 1.165) is 6.07 Å². The highest BCUT2D eigenvalue weighted by molar-refractivity contribution is 7.86. The van der Waals surface area contributed by atoms with Gasteiger partial charge in [-0.1, -0.05) is 6.07 Å². The zero-order chi connectivity index (χ0) is 13.1. The minimum atomic E-state index is -4.37. The maximum Gasteiger partial charge on any atom is 0.296 e. The SMILES string of the molecule is N#CC(C#N)=Cc1ccc(S(=O)(=O)O)c(N)c1. The molecule has 0 saturated carbocycles. The van der Waals surface area contributed by atoms with Crippen molar-refractivity contribution in [3.63, 3.8) is 0 Å². The van der Waals surface area contributed by atoms with Gasteiger partial charge in [-0.2, -0.15) is 18.9 Å². The molecular weight excluding hydrogens is 242 g/mol. The third-order valence-corrected chi connectivity index (χ3v) is 2.79. The van der Waals surface area contributed by atoms with Gasteiger partial charge in [0.05, 0.1) is 5.69 Å². The predicted octanol–water partition coefficient (Wildman–Crippen LogP) is 0.946. The molecule has 3 N–H and O–H groups in total. The van der Waals surface area contributed by atoms with E-state index >= 15 is 0 Å². The van der Waals surface area contributed by atoms with Gasteiger partial charge in [-0.15, -0.1) is 0 Å². The second kappa shape index (κ2) is 4.66. The van der Waals surface area contributed by atoms with Crippen LogP contribution >= 0.6 is 0 Å². The van der Waals surface area contributed by atoms with Crippen molar-refractivity contribution in [3.8, 4) is 12.1 Å². The zero-order valence-electron chi connectivity index (χ0n) is 8.45. The van der Waals surface area contributed by atoms with Gasteiger partial charge >= 0.3 is 0 Å². The molecule has 7 heteroatoms. The summed E-state index contributed by atoms with van der Waals surface area (Å²) < 4.78 is 30.5. The Balaban J connectivity index is 3.30. The molecular formula is C10H7N3O3S. The van der Waals surface area contributed by atoms with Crippen molar-refractivity contribution in [2.75, 3.05) is 5.73 Å². The van der Waals surface area contributed by atoms with Crippen LogP contribution < -0.4 is 5.73 Å². The third kappa shape index (κ3) is 3.05. The molecule has 17 heavy (non-hydrogen) atoms. The molecule has 0 bridgehead atoms. The van der Waals surface area contributed by atoms with Gasteiger partial charge < -0.3 is 5.73 Å². The van der Waals surface area contributed by atoms with Crippen LogP contribution in [0.2, 0.25) is 0 Å². The van der Waals surface area contributed by atoms with Crippen LogP contribution in [0.3, 0.4) is 0 Å². The van der Waals surface area contributed by atoms with Crippen molar-refractivity contribution in [2.24, 2.45) is 0 Å². The van der Waals surface area contributed by atoms with Gasteiger partial charge in [0.15, 0.2) is 0 Å². The van der Waals surface area contributed by atoms with Gasteiger partial charge in [0.25, 0.3) is 10.1 Å². The highest BCUT2D eigenvalue weighted by atomic mass is 32.2. The summed E-state index contributed by atoms with van der Waals surface area (Å²) in [5, 5.41) is 17.1. The lowest BCUT2D eigenvalue weighted by molar-refractivity contribution is 0.483. The topological polar surface area (TPSA) is 128 Å². The lowest BCUT2D eigenvalue weighted by Gasteiger charge is -2.02. The van der Waals surface area contributed by atoms with Crippen LogP contribution in [0.15, 0.2) is 28.7 Å². The molecule has 86 valence electrons. The predicted molar refractivity (Wildman–Crippen MR) is 59.9 cm³/mol. The van der Waals surface area contributed by atoms with Crippen molar-refractivity contribution in [1.82, 2.24) is 0 Å². The number of anilines is 1. The van der Waals surface area contributed by atoms with Crippen LogP contribution in [0.4, 0.5) is 5.69 Å². The van der Waals surface area contributed by atoms with E-state index in [1.165, 1.54) is 18.2 Å². The molecule has 1 aromatic rings. The normalized spacial score (nSPS) is 10.1. The number of nitriles is 2. The summed E-state index contributed by atoms with van der Waals surface area (Å²) in [4.78, 5) is -0.412. The fraction of sp³-hybridized carbons (Fsp3) is 0. The van der Waals surface area contributed by atoms with Gasteiger partial charge in [-0.25, -0.2) is 0 Å². The summed E-state index contributed by atoms with van der Waals surface area (Å²) >= 11 is 0. The lowest BCUT2D eigenvalue weighted by Crippen LogP contribution is -2.03. The number of nitrogens with zero attached hydrogens (tertiary/aromatic N) is 2.